The van der Waals surface area contributed by atoms with Crippen LogP contribution in [0.25, 0.3) is 6.08 Å². The van der Waals surface area contributed by atoms with E-state index >= 15 is 0 Å². The van der Waals surface area contributed by atoms with E-state index in [1.54, 1.807) is 0 Å². The van der Waals surface area contributed by atoms with Crippen molar-refractivity contribution in [3.63, 3.8) is 0 Å². The summed E-state index contributed by atoms with van der Waals surface area (Å²) in [5.74, 6) is 0. The lowest BCUT2D eigenvalue weighted by Crippen LogP contribution is -2.30. The quantitative estimate of drug-likeness (QED) is 0.541. The van der Waals surface area contributed by atoms with E-state index < -0.39 is 0 Å². The molecule has 0 saturated heterocycles. The molecular formula is C9H12N+. The Balaban J connectivity index is 2.90. The molecule has 0 amide bonds. The Morgan fingerprint density at radius 3 is 2.50 bits per heavy atom. The molecule has 1 heteroatoms. The normalized spacial score (nSPS) is 9.30. The Labute approximate surface area is 61.6 Å². The molecule has 0 aliphatic carbocycles. The Bertz CT molecular complexity index is 211. The van der Waals surface area contributed by atoms with Crippen molar-refractivity contribution in [2.75, 3.05) is 0 Å². The van der Waals surface area contributed by atoms with Crippen molar-refractivity contribution < 1.29 is 4.57 Å². The van der Waals surface area contributed by atoms with Crippen molar-refractivity contribution in [1.82, 2.24) is 0 Å². The summed E-state index contributed by atoms with van der Waals surface area (Å²) in [6.07, 6.45) is 5.95. The van der Waals surface area contributed by atoms with Crippen LogP contribution >= 0.6 is 0 Å². The standard InChI is InChI=1S/C9H12N/c1-3-9-5-7-10(4-2)8-6-9/h3,5-8H,1,4H2,2H3/q+1. The van der Waals surface area contributed by atoms with Crippen molar-refractivity contribution in [2.45, 2.75) is 13.5 Å². The molecular weight excluding hydrogens is 122 g/mol. The number of rotatable bonds is 2. The molecule has 1 heterocycles. The number of pyridine rings is 1. The van der Waals surface area contributed by atoms with Crippen LogP contribution in [0.4, 0.5) is 0 Å². The molecule has 10 heavy (non-hydrogen) atoms. The molecule has 0 spiro atoms. The van der Waals surface area contributed by atoms with E-state index in [0.717, 1.165) is 6.54 Å². The van der Waals surface area contributed by atoms with Crippen LogP contribution in [-0.2, 0) is 6.54 Å². The van der Waals surface area contributed by atoms with Gasteiger partial charge in [0, 0.05) is 12.1 Å². The summed E-state index contributed by atoms with van der Waals surface area (Å²) in [7, 11) is 0. The van der Waals surface area contributed by atoms with E-state index in [1.165, 1.54) is 5.56 Å². The summed E-state index contributed by atoms with van der Waals surface area (Å²) < 4.78 is 2.12. The number of nitrogens with zero attached hydrogens (tertiary/aromatic N) is 1. The van der Waals surface area contributed by atoms with Gasteiger partial charge in [0.2, 0.25) is 0 Å². The Kier molecular flexibility index (Phi) is 2.21. The van der Waals surface area contributed by atoms with Gasteiger partial charge in [-0.05, 0) is 12.5 Å². The topological polar surface area (TPSA) is 3.88 Å². The summed E-state index contributed by atoms with van der Waals surface area (Å²) >= 11 is 0. The van der Waals surface area contributed by atoms with Crippen LogP contribution in [0.2, 0.25) is 0 Å². The van der Waals surface area contributed by atoms with Gasteiger partial charge in [-0.25, -0.2) is 4.57 Å². The Morgan fingerprint density at radius 1 is 1.50 bits per heavy atom. The molecule has 0 saturated carbocycles. The van der Waals surface area contributed by atoms with Gasteiger partial charge in [-0.15, -0.1) is 0 Å². The summed E-state index contributed by atoms with van der Waals surface area (Å²) in [6, 6.07) is 4.10. The second-order valence-corrected chi connectivity index (χ2v) is 2.17. The van der Waals surface area contributed by atoms with Gasteiger partial charge in [-0.2, -0.15) is 0 Å². The van der Waals surface area contributed by atoms with Gasteiger partial charge in [0.25, 0.3) is 0 Å². The van der Waals surface area contributed by atoms with Crippen LogP contribution in [0.1, 0.15) is 12.5 Å². The van der Waals surface area contributed by atoms with E-state index in [0.29, 0.717) is 0 Å². The predicted octanol–water partition coefficient (Wildman–Crippen LogP) is 1.64. The summed E-state index contributed by atoms with van der Waals surface area (Å²) in [5, 5.41) is 0. The highest BCUT2D eigenvalue weighted by molar-refractivity contribution is 5.44. The van der Waals surface area contributed by atoms with E-state index in [-0.39, 0.29) is 0 Å². The minimum atomic E-state index is 1.03. The fraction of sp³-hybridized carbons (Fsp3) is 0.222. The first kappa shape index (κ1) is 7.00. The lowest BCUT2D eigenvalue weighted by molar-refractivity contribution is -0.693. The highest BCUT2D eigenvalue weighted by atomic mass is 14.9. The minimum Gasteiger partial charge on any atom is -0.205 e. The molecule has 0 radical (unpaired) electrons. The fourth-order valence-electron chi connectivity index (χ4n) is 0.816. The van der Waals surface area contributed by atoms with Gasteiger partial charge in [-0.3, -0.25) is 0 Å². The summed E-state index contributed by atoms with van der Waals surface area (Å²) in [5.41, 5.74) is 1.17. The Hall–Kier alpha value is -1.11. The van der Waals surface area contributed by atoms with Crippen LogP contribution in [-0.4, -0.2) is 0 Å². The lowest BCUT2D eigenvalue weighted by Gasteiger charge is -1.90. The van der Waals surface area contributed by atoms with Gasteiger partial charge in [0.1, 0.15) is 6.54 Å². The summed E-state index contributed by atoms with van der Waals surface area (Å²) in [6.45, 7) is 6.82. The van der Waals surface area contributed by atoms with E-state index in [1.807, 2.05) is 6.08 Å². The zero-order valence-corrected chi connectivity index (χ0v) is 6.25. The van der Waals surface area contributed by atoms with Crippen molar-refractivity contribution in [3.05, 3.63) is 36.7 Å². The predicted molar refractivity (Wildman–Crippen MR) is 42.4 cm³/mol. The molecule has 1 aromatic rings. The summed E-state index contributed by atoms with van der Waals surface area (Å²) in [4.78, 5) is 0. The molecule has 0 aliphatic heterocycles. The fourth-order valence-corrected chi connectivity index (χ4v) is 0.816. The lowest BCUT2D eigenvalue weighted by atomic mass is 10.3. The maximum atomic E-state index is 3.68. The number of hydrogen-bond acceptors (Lipinski definition) is 0. The van der Waals surface area contributed by atoms with Crippen molar-refractivity contribution in [2.24, 2.45) is 0 Å². The van der Waals surface area contributed by atoms with Crippen molar-refractivity contribution >= 4 is 6.08 Å². The monoisotopic (exact) mass is 134 g/mol. The Morgan fingerprint density at radius 2 is 2.10 bits per heavy atom. The molecule has 52 valence electrons. The average molecular weight is 134 g/mol. The largest absolute Gasteiger partial charge is 0.205 e. The van der Waals surface area contributed by atoms with Crippen molar-refractivity contribution in [1.29, 1.82) is 0 Å². The highest BCUT2D eigenvalue weighted by Crippen LogP contribution is 1.94. The molecule has 0 N–H and O–H groups in total. The first-order valence-electron chi connectivity index (χ1n) is 3.48. The van der Waals surface area contributed by atoms with Crippen LogP contribution in [0, 0.1) is 0 Å². The second kappa shape index (κ2) is 3.16. The van der Waals surface area contributed by atoms with Gasteiger partial charge in [-0.1, -0.05) is 12.7 Å². The van der Waals surface area contributed by atoms with E-state index in [2.05, 4.69) is 42.6 Å². The van der Waals surface area contributed by atoms with Crippen LogP contribution < -0.4 is 4.57 Å². The molecule has 1 rings (SSSR count). The molecule has 0 aromatic carbocycles. The smallest absolute Gasteiger partial charge is 0.169 e. The zero-order valence-electron chi connectivity index (χ0n) is 6.25. The van der Waals surface area contributed by atoms with Gasteiger partial charge < -0.3 is 0 Å². The number of aryl methyl sites for hydroxylation is 1. The second-order valence-electron chi connectivity index (χ2n) is 2.17. The number of hydrogen-bond donors (Lipinski definition) is 0. The molecule has 1 aromatic heterocycles. The average Bonchev–Trinajstić information content (AvgIpc) is 2.05. The zero-order chi connectivity index (χ0) is 7.40. The minimum absolute atomic E-state index is 1.03. The SMILES string of the molecule is C=Cc1cc[n+](CC)cc1. The highest BCUT2D eigenvalue weighted by Gasteiger charge is 1.92. The molecule has 0 atom stereocenters. The maximum Gasteiger partial charge on any atom is 0.169 e. The van der Waals surface area contributed by atoms with Gasteiger partial charge in [0.05, 0.1) is 0 Å². The molecule has 0 bridgehead atoms. The third-order valence-corrected chi connectivity index (χ3v) is 1.52. The van der Waals surface area contributed by atoms with E-state index in [4.69, 9.17) is 0 Å². The van der Waals surface area contributed by atoms with Gasteiger partial charge >= 0.3 is 0 Å². The molecule has 0 fully saturated rings. The third-order valence-electron chi connectivity index (χ3n) is 1.52. The van der Waals surface area contributed by atoms with Crippen LogP contribution in [0.15, 0.2) is 31.1 Å². The maximum absolute atomic E-state index is 3.68. The van der Waals surface area contributed by atoms with E-state index in [9.17, 15) is 0 Å². The first-order chi connectivity index (χ1) is 4.86. The molecule has 1 nitrogen and oxygen atoms in total. The van der Waals surface area contributed by atoms with Crippen LogP contribution in [0.5, 0.6) is 0 Å². The van der Waals surface area contributed by atoms with Gasteiger partial charge in [0.15, 0.2) is 12.4 Å². The molecule has 0 unspecified atom stereocenters. The third kappa shape index (κ3) is 1.44. The van der Waals surface area contributed by atoms with Crippen molar-refractivity contribution in [3.8, 4) is 0 Å². The number of aromatic nitrogens is 1. The molecule has 0 aliphatic rings. The van der Waals surface area contributed by atoms with Crippen LogP contribution in [0.3, 0.4) is 0 Å². The first-order valence-corrected chi connectivity index (χ1v) is 3.48.